The quantitative estimate of drug-likeness (QED) is 0.723. The van der Waals surface area contributed by atoms with Crippen LogP contribution in [0.5, 0.6) is 5.75 Å². The van der Waals surface area contributed by atoms with E-state index in [1.54, 1.807) is 20.1 Å². The van der Waals surface area contributed by atoms with Gasteiger partial charge in [0, 0.05) is 6.08 Å². The molecule has 0 unspecified atom stereocenters. The first-order chi connectivity index (χ1) is 11.7. The van der Waals surface area contributed by atoms with E-state index < -0.39 is 0 Å². The average Bonchev–Trinajstić information content (AvgIpc) is 2.61. The molecule has 0 aliphatic rings. The van der Waals surface area contributed by atoms with Gasteiger partial charge in [-0.05, 0) is 36.3 Å². The van der Waals surface area contributed by atoms with Crippen LogP contribution >= 0.6 is 0 Å². The van der Waals surface area contributed by atoms with Crippen molar-refractivity contribution < 1.29 is 9.15 Å². The van der Waals surface area contributed by atoms with E-state index >= 15 is 0 Å². The van der Waals surface area contributed by atoms with E-state index in [1.165, 1.54) is 0 Å². The summed E-state index contributed by atoms with van der Waals surface area (Å²) in [7, 11) is 1.63. The average molecular weight is 319 g/mol. The number of ether oxygens (including phenoxy) is 1. The van der Waals surface area contributed by atoms with Crippen LogP contribution in [0.4, 0.5) is 0 Å². The molecular weight excluding hydrogens is 302 g/mol. The number of hydrogen-bond donors (Lipinski definition) is 0. The predicted molar refractivity (Wildman–Crippen MR) is 94.9 cm³/mol. The van der Waals surface area contributed by atoms with Gasteiger partial charge in [0.1, 0.15) is 11.5 Å². The van der Waals surface area contributed by atoms with Crippen LogP contribution in [0.3, 0.4) is 0 Å². The van der Waals surface area contributed by atoms with Crippen LogP contribution < -0.4 is 10.3 Å². The first kappa shape index (κ1) is 15.7. The number of benzene rings is 2. The van der Waals surface area contributed by atoms with Crippen molar-refractivity contribution in [2.24, 2.45) is 0 Å². The molecule has 0 saturated carbocycles. The molecule has 24 heavy (non-hydrogen) atoms. The monoisotopic (exact) mass is 319 g/mol. The Balaban J connectivity index is 1.90. The molecule has 4 heteroatoms. The van der Waals surface area contributed by atoms with Crippen LogP contribution in [-0.4, -0.2) is 12.1 Å². The summed E-state index contributed by atoms with van der Waals surface area (Å²) in [5, 5.41) is 0. The van der Waals surface area contributed by atoms with Crippen molar-refractivity contribution in [2.45, 2.75) is 6.92 Å². The van der Waals surface area contributed by atoms with Gasteiger partial charge in [0.05, 0.1) is 12.7 Å². The van der Waals surface area contributed by atoms with E-state index in [4.69, 9.17) is 9.15 Å². The maximum atomic E-state index is 12.3. The van der Waals surface area contributed by atoms with Crippen LogP contribution in [0.2, 0.25) is 0 Å². The summed E-state index contributed by atoms with van der Waals surface area (Å²) in [4.78, 5) is 16.4. The third-order valence-electron chi connectivity index (χ3n) is 3.63. The number of aromatic nitrogens is 1. The number of nitrogens with zero attached hydrogens (tertiary/aromatic N) is 1. The van der Waals surface area contributed by atoms with E-state index in [0.717, 1.165) is 16.9 Å². The lowest BCUT2D eigenvalue weighted by Crippen LogP contribution is -2.11. The van der Waals surface area contributed by atoms with Crippen LogP contribution in [-0.2, 0) is 0 Å². The minimum atomic E-state index is -0.292. The van der Waals surface area contributed by atoms with Crippen molar-refractivity contribution in [2.75, 3.05) is 7.11 Å². The molecule has 0 aliphatic heterocycles. The van der Waals surface area contributed by atoms with Gasteiger partial charge < -0.3 is 9.15 Å². The second-order valence-corrected chi connectivity index (χ2v) is 5.26. The summed E-state index contributed by atoms with van der Waals surface area (Å²) in [6.07, 6.45) is 3.53. The molecule has 3 aromatic rings. The van der Waals surface area contributed by atoms with Gasteiger partial charge >= 0.3 is 0 Å². The molecular formula is C20H17NO3. The topological polar surface area (TPSA) is 52.3 Å². The molecule has 120 valence electrons. The number of methoxy groups -OCH3 is 1. The molecule has 4 nitrogen and oxygen atoms in total. The minimum Gasteiger partial charge on any atom is -0.497 e. The highest BCUT2D eigenvalue weighted by Crippen LogP contribution is 2.20. The number of rotatable bonds is 4. The highest BCUT2D eigenvalue weighted by atomic mass is 16.5. The molecule has 0 N–H and O–H groups in total. The summed E-state index contributed by atoms with van der Waals surface area (Å²) in [6.45, 7) is 1.77. The van der Waals surface area contributed by atoms with Crippen LogP contribution in [0.25, 0.3) is 23.3 Å². The smallest absolute Gasteiger partial charge is 0.284 e. The maximum Gasteiger partial charge on any atom is 0.284 e. The molecule has 0 radical (unpaired) electrons. The van der Waals surface area contributed by atoms with Crippen molar-refractivity contribution in [3.05, 3.63) is 82.2 Å². The summed E-state index contributed by atoms with van der Waals surface area (Å²) in [5.74, 6) is 1.63. The van der Waals surface area contributed by atoms with E-state index in [1.807, 2.05) is 60.7 Å². The SMILES string of the molecule is COc1ccc(C=Cc2nc(=O)c(-c3ccccc3)c(C)o2)cc1. The Bertz CT molecular complexity index is 910. The molecule has 0 saturated heterocycles. The molecule has 0 bridgehead atoms. The van der Waals surface area contributed by atoms with Gasteiger partial charge in [-0.15, -0.1) is 0 Å². The Hall–Kier alpha value is -3.14. The van der Waals surface area contributed by atoms with Crippen molar-refractivity contribution in [3.63, 3.8) is 0 Å². The second-order valence-electron chi connectivity index (χ2n) is 5.26. The Kier molecular flexibility index (Phi) is 4.57. The Labute approximate surface area is 140 Å². The normalized spacial score (nSPS) is 10.9. The minimum absolute atomic E-state index is 0.285. The van der Waals surface area contributed by atoms with Crippen LogP contribution in [0.1, 0.15) is 17.2 Å². The highest BCUT2D eigenvalue weighted by molar-refractivity contribution is 5.68. The van der Waals surface area contributed by atoms with Crippen molar-refractivity contribution >= 4 is 12.2 Å². The molecule has 0 amide bonds. The van der Waals surface area contributed by atoms with E-state index in [0.29, 0.717) is 11.3 Å². The fourth-order valence-corrected chi connectivity index (χ4v) is 2.42. The summed E-state index contributed by atoms with van der Waals surface area (Å²) >= 11 is 0. The summed E-state index contributed by atoms with van der Waals surface area (Å²) in [5.41, 5.74) is 1.98. The van der Waals surface area contributed by atoms with Gasteiger partial charge in [-0.25, -0.2) is 0 Å². The van der Waals surface area contributed by atoms with Gasteiger partial charge in [0.15, 0.2) is 0 Å². The van der Waals surface area contributed by atoms with Gasteiger partial charge in [-0.1, -0.05) is 42.5 Å². The van der Waals surface area contributed by atoms with Gasteiger partial charge in [0.2, 0.25) is 5.89 Å². The lowest BCUT2D eigenvalue weighted by Gasteiger charge is -2.04. The van der Waals surface area contributed by atoms with Crippen molar-refractivity contribution in [3.8, 4) is 16.9 Å². The third-order valence-corrected chi connectivity index (χ3v) is 3.63. The maximum absolute atomic E-state index is 12.3. The largest absolute Gasteiger partial charge is 0.497 e. The first-order valence-electron chi connectivity index (χ1n) is 7.56. The Morgan fingerprint density at radius 3 is 2.33 bits per heavy atom. The number of hydrogen-bond acceptors (Lipinski definition) is 4. The fourth-order valence-electron chi connectivity index (χ4n) is 2.42. The molecule has 1 heterocycles. The van der Waals surface area contributed by atoms with E-state index in [-0.39, 0.29) is 11.4 Å². The zero-order chi connectivity index (χ0) is 16.9. The zero-order valence-corrected chi connectivity index (χ0v) is 13.5. The molecule has 3 rings (SSSR count). The summed E-state index contributed by atoms with van der Waals surface area (Å²) in [6, 6.07) is 17.0. The molecule has 0 fully saturated rings. The van der Waals surface area contributed by atoms with Gasteiger partial charge in [-0.3, -0.25) is 4.79 Å². The van der Waals surface area contributed by atoms with Gasteiger partial charge in [0.25, 0.3) is 5.56 Å². The Morgan fingerprint density at radius 1 is 1.00 bits per heavy atom. The number of aryl methyl sites for hydroxylation is 1. The summed E-state index contributed by atoms with van der Waals surface area (Å²) < 4.78 is 10.8. The zero-order valence-electron chi connectivity index (χ0n) is 13.5. The van der Waals surface area contributed by atoms with Crippen LogP contribution in [0.15, 0.2) is 63.8 Å². The first-order valence-corrected chi connectivity index (χ1v) is 7.56. The predicted octanol–water partition coefficient (Wildman–Crippen LogP) is 4.19. The lowest BCUT2D eigenvalue weighted by molar-refractivity contribution is 0.415. The highest BCUT2D eigenvalue weighted by Gasteiger charge is 2.11. The fraction of sp³-hybridized carbons (Fsp3) is 0.100. The molecule has 0 atom stereocenters. The molecule has 0 spiro atoms. The molecule has 2 aromatic carbocycles. The van der Waals surface area contributed by atoms with Crippen molar-refractivity contribution in [1.29, 1.82) is 0 Å². The standard InChI is InChI=1S/C20H17NO3/c1-14-19(16-6-4-3-5-7-16)20(22)21-18(24-14)13-10-15-8-11-17(23-2)12-9-15/h3-13H,1-2H3. The Morgan fingerprint density at radius 2 is 1.71 bits per heavy atom. The van der Waals surface area contributed by atoms with Crippen molar-refractivity contribution in [1.82, 2.24) is 4.98 Å². The van der Waals surface area contributed by atoms with Crippen LogP contribution in [0, 0.1) is 6.92 Å². The van der Waals surface area contributed by atoms with Gasteiger partial charge in [-0.2, -0.15) is 4.98 Å². The lowest BCUT2D eigenvalue weighted by atomic mass is 10.1. The van der Waals surface area contributed by atoms with E-state index in [2.05, 4.69) is 4.98 Å². The molecule has 1 aromatic heterocycles. The molecule has 0 aliphatic carbocycles. The second kappa shape index (κ2) is 6.96. The van der Waals surface area contributed by atoms with E-state index in [9.17, 15) is 4.79 Å². The third kappa shape index (κ3) is 3.43.